The van der Waals surface area contributed by atoms with Crippen LogP contribution in [-0.2, 0) is 4.74 Å². The minimum atomic E-state index is -0.662. The third-order valence-electron chi connectivity index (χ3n) is 6.22. The molecular formula is C21H23FN6O3S. The number of nitrogen functional groups attached to an aromatic ring is 1. The largest absolute Gasteiger partial charge is 0.479 e. The lowest BCUT2D eigenvalue weighted by Gasteiger charge is -2.33. The van der Waals surface area contributed by atoms with Gasteiger partial charge in [0.1, 0.15) is 5.52 Å². The number of nitrogens with one attached hydrogen (secondary N) is 1. The molecule has 0 saturated carbocycles. The molecular weight excluding hydrogens is 435 g/mol. The predicted molar refractivity (Wildman–Crippen MR) is 119 cm³/mol. The summed E-state index contributed by atoms with van der Waals surface area (Å²) in [5, 5.41) is 3.29. The lowest BCUT2D eigenvalue weighted by molar-refractivity contribution is 0.0211. The number of halogens is 1. The number of nitrogens with two attached hydrogens (primary N) is 1. The van der Waals surface area contributed by atoms with Gasteiger partial charge in [0, 0.05) is 43.6 Å². The number of likely N-dealkylation sites (tertiary alicyclic amines) is 1. The molecule has 168 valence electrons. The number of urea groups is 1. The summed E-state index contributed by atoms with van der Waals surface area (Å²) in [6, 6.07) is 1.30. The van der Waals surface area contributed by atoms with Crippen LogP contribution in [0.15, 0.2) is 18.5 Å². The van der Waals surface area contributed by atoms with Crippen LogP contribution in [0.25, 0.3) is 21.3 Å². The molecule has 11 heteroatoms. The van der Waals surface area contributed by atoms with Crippen LogP contribution in [-0.4, -0.2) is 59.3 Å². The highest BCUT2D eigenvalue weighted by Gasteiger charge is 2.41. The van der Waals surface area contributed by atoms with E-state index in [-0.39, 0.29) is 17.0 Å². The van der Waals surface area contributed by atoms with Crippen LogP contribution in [0.2, 0.25) is 0 Å². The molecule has 3 aromatic heterocycles. The Hall–Kier alpha value is -3.05. The van der Waals surface area contributed by atoms with Crippen molar-refractivity contribution < 1.29 is 18.7 Å². The van der Waals surface area contributed by atoms with Gasteiger partial charge in [0.25, 0.3) is 0 Å². The Labute approximate surface area is 187 Å². The summed E-state index contributed by atoms with van der Waals surface area (Å²) >= 11 is 1.23. The molecule has 3 aromatic rings. The molecule has 5 rings (SSSR count). The molecule has 3 N–H and O–H groups in total. The fourth-order valence-electron chi connectivity index (χ4n) is 4.43. The lowest BCUT2D eigenvalue weighted by Crippen LogP contribution is -2.37. The van der Waals surface area contributed by atoms with Crippen LogP contribution in [0.5, 0.6) is 5.88 Å². The van der Waals surface area contributed by atoms with Gasteiger partial charge in [-0.2, -0.15) is 4.39 Å². The van der Waals surface area contributed by atoms with Crippen molar-refractivity contribution in [1.29, 1.82) is 0 Å². The number of pyridine rings is 2. The summed E-state index contributed by atoms with van der Waals surface area (Å²) < 4.78 is 25.9. The highest BCUT2D eigenvalue weighted by atomic mass is 32.1. The molecule has 0 atom stereocenters. The molecule has 0 aliphatic carbocycles. The van der Waals surface area contributed by atoms with Gasteiger partial charge in [-0.3, -0.25) is 5.32 Å². The first-order chi connectivity index (χ1) is 15.5. The molecule has 0 radical (unpaired) electrons. The van der Waals surface area contributed by atoms with Gasteiger partial charge in [-0.15, -0.1) is 0 Å². The van der Waals surface area contributed by atoms with Crippen LogP contribution in [0.3, 0.4) is 0 Å². The SMILES string of the molecule is COc1ncc(-c2cc(N)cnc2F)c2sc(NC(=O)N3CCC4(CCOCC4)C3)nc12. The van der Waals surface area contributed by atoms with E-state index >= 15 is 0 Å². The van der Waals surface area contributed by atoms with E-state index in [4.69, 9.17) is 15.2 Å². The number of rotatable bonds is 3. The van der Waals surface area contributed by atoms with Gasteiger partial charge >= 0.3 is 6.03 Å². The summed E-state index contributed by atoms with van der Waals surface area (Å²) in [5.74, 6) is -0.370. The normalized spacial score (nSPS) is 17.8. The average Bonchev–Trinajstić information content (AvgIpc) is 3.40. The zero-order valence-corrected chi connectivity index (χ0v) is 18.4. The van der Waals surface area contributed by atoms with Crippen molar-refractivity contribution in [2.75, 3.05) is 44.5 Å². The molecule has 0 bridgehead atoms. The zero-order valence-electron chi connectivity index (χ0n) is 17.6. The van der Waals surface area contributed by atoms with E-state index in [1.165, 1.54) is 36.9 Å². The zero-order chi connectivity index (χ0) is 22.3. The summed E-state index contributed by atoms with van der Waals surface area (Å²) in [6.07, 6.45) is 5.69. The van der Waals surface area contributed by atoms with E-state index in [1.54, 1.807) is 0 Å². The van der Waals surface area contributed by atoms with Crippen LogP contribution < -0.4 is 15.8 Å². The van der Waals surface area contributed by atoms with Crippen molar-refractivity contribution in [3.8, 4) is 17.0 Å². The van der Waals surface area contributed by atoms with Crippen molar-refractivity contribution >= 4 is 38.4 Å². The number of aromatic nitrogens is 3. The summed E-state index contributed by atoms with van der Waals surface area (Å²) in [7, 11) is 1.49. The van der Waals surface area contributed by atoms with Crippen molar-refractivity contribution in [1.82, 2.24) is 19.9 Å². The third-order valence-corrected chi connectivity index (χ3v) is 7.23. The quantitative estimate of drug-likeness (QED) is 0.577. The summed E-state index contributed by atoms with van der Waals surface area (Å²) in [5.41, 5.74) is 7.43. The summed E-state index contributed by atoms with van der Waals surface area (Å²) in [4.78, 5) is 27.2. The number of hydrogen-bond acceptors (Lipinski definition) is 8. The number of carbonyl (C=O) groups excluding carboxylic acids is 1. The van der Waals surface area contributed by atoms with Gasteiger partial charge in [-0.05, 0) is 30.7 Å². The van der Waals surface area contributed by atoms with E-state index in [9.17, 15) is 9.18 Å². The number of thiazole rings is 1. The Balaban J connectivity index is 1.44. The van der Waals surface area contributed by atoms with Crippen LogP contribution in [0, 0.1) is 11.4 Å². The van der Waals surface area contributed by atoms with Crippen molar-refractivity contribution in [2.45, 2.75) is 19.3 Å². The second-order valence-corrected chi connectivity index (χ2v) is 9.20. The molecule has 32 heavy (non-hydrogen) atoms. The fourth-order valence-corrected chi connectivity index (χ4v) is 5.40. The van der Waals surface area contributed by atoms with E-state index < -0.39 is 5.95 Å². The van der Waals surface area contributed by atoms with Gasteiger partial charge in [-0.25, -0.2) is 19.7 Å². The Morgan fingerprint density at radius 3 is 2.88 bits per heavy atom. The first kappa shape index (κ1) is 20.8. The Kier molecular flexibility index (Phi) is 5.30. The second-order valence-electron chi connectivity index (χ2n) is 8.20. The number of nitrogens with zero attached hydrogens (tertiary/aromatic N) is 4. The molecule has 9 nitrogen and oxygen atoms in total. The first-order valence-electron chi connectivity index (χ1n) is 10.4. The van der Waals surface area contributed by atoms with Gasteiger partial charge in [0.15, 0.2) is 5.13 Å². The van der Waals surface area contributed by atoms with Gasteiger partial charge in [0.2, 0.25) is 11.8 Å². The maximum Gasteiger partial charge on any atom is 0.323 e. The van der Waals surface area contributed by atoms with Crippen LogP contribution in [0.1, 0.15) is 19.3 Å². The minimum Gasteiger partial charge on any atom is -0.479 e. The lowest BCUT2D eigenvalue weighted by atomic mass is 9.80. The molecule has 2 saturated heterocycles. The monoisotopic (exact) mass is 458 g/mol. The maximum absolute atomic E-state index is 14.4. The molecule has 2 aliphatic rings. The third kappa shape index (κ3) is 3.71. The Morgan fingerprint density at radius 1 is 1.28 bits per heavy atom. The van der Waals surface area contributed by atoms with Crippen molar-refractivity contribution in [2.24, 2.45) is 5.41 Å². The molecule has 2 fully saturated rings. The predicted octanol–water partition coefficient (Wildman–Crippen LogP) is 3.52. The molecule has 2 amide bonds. The molecule has 0 unspecified atom stereocenters. The number of fused-ring (bicyclic) bond motifs is 1. The van der Waals surface area contributed by atoms with Crippen LogP contribution in [0.4, 0.5) is 20.0 Å². The first-order valence-corrected chi connectivity index (χ1v) is 11.2. The average molecular weight is 459 g/mol. The number of ether oxygens (including phenoxy) is 2. The van der Waals surface area contributed by atoms with Crippen molar-refractivity contribution in [3.05, 3.63) is 24.4 Å². The van der Waals surface area contributed by atoms with Crippen LogP contribution >= 0.6 is 11.3 Å². The minimum absolute atomic E-state index is 0.154. The number of methoxy groups -OCH3 is 1. The highest BCUT2D eigenvalue weighted by Crippen LogP contribution is 2.41. The van der Waals surface area contributed by atoms with E-state index in [0.717, 1.165) is 32.5 Å². The van der Waals surface area contributed by atoms with Gasteiger partial charge < -0.3 is 20.1 Å². The number of hydrogen-bond donors (Lipinski definition) is 2. The van der Waals surface area contributed by atoms with E-state index in [0.29, 0.717) is 45.6 Å². The highest BCUT2D eigenvalue weighted by molar-refractivity contribution is 7.23. The molecule has 5 heterocycles. The standard InChI is InChI=1S/C21H23FN6O3S/c1-30-18-15-16(14(10-25-18)13-8-12(23)9-24-17(13)22)32-19(26-15)27-20(29)28-5-2-21(11-28)3-6-31-7-4-21/h8-10H,2-7,11,23H2,1H3,(H,26,27,29). The van der Waals surface area contributed by atoms with E-state index in [2.05, 4.69) is 20.3 Å². The fraction of sp³-hybridized carbons (Fsp3) is 0.429. The number of amides is 2. The van der Waals surface area contributed by atoms with Gasteiger partial charge in [-0.1, -0.05) is 11.3 Å². The van der Waals surface area contributed by atoms with E-state index in [1.807, 2.05) is 4.90 Å². The smallest absolute Gasteiger partial charge is 0.323 e. The molecule has 0 aromatic carbocycles. The molecule has 2 aliphatic heterocycles. The second kappa shape index (κ2) is 8.14. The topological polar surface area (TPSA) is 115 Å². The van der Waals surface area contributed by atoms with Gasteiger partial charge in [0.05, 0.1) is 23.7 Å². The number of anilines is 2. The summed E-state index contributed by atoms with van der Waals surface area (Å²) in [6.45, 7) is 2.91. The Morgan fingerprint density at radius 2 is 2.09 bits per heavy atom. The van der Waals surface area contributed by atoms with Crippen molar-refractivity contribution in [3.63, 3.8) is 0 Å². The maximum atomic E-state index is 14.4. The Bertz CT molecular complexity index is 1180. The molecule has 1 spiro atoms. The number of carbonyl (C=O) groups is 1.